The molecule has 4 nitrogen and oxygen atoms in total. The van der Waals surface area contributed by atoms with Crippen molar-refractivity contribution < 1.29 is 22.4 Å². The number of benzene rings is 1. The van der Waals surface area contributed by atoms with Crippen molar-refractivity contribution in [3.05, 3.63) is 35.1 Å². The minimum Gasteiger partial charge on any atom is -0.348 e. The third-order valence-electron chi connectivity index (χ3n) is 2.56. The SMILES string of the molecule is CN1CC(=O)NN=C1c1ccc(F)c(C(F)(F)F)c1. The van der Waals surface area contributed by atoms with Crippen LogP contribution in [-0.2, 0) is 11.0 Å². The van der Waals surface area contributed by atoms with Gasteiger partial charge in [0.1, 0.15) is 5.82 Å². The Morgan fingerprint density at radius 3 is 2.63 bits per heavy atom. The van der Waals surface area contributed by atoms with E-state index in [-0.39, 0.29) is 23.9 Å². The van der Waals surface area contributed by atoms with Crippen LogP contribution in [0.1, 0.15) is 11.1 Å². The Labute approximate surface area is 105 Å². The Balaban J connectivity index is 2.45. The lowest BCUT2D eigenvalue weighted by Gasteiger charge is -2.24. The van der Waals surface area contributed by atoms with E-state index in [2.05, 4.69) is 10.5 Å². The first-order valence-corrected chi connectivity index (χ1v) is 5.24. The van der Waals surface area contributed by atoms with E-state index in [1.807, 2.05) is 0 Å². The smallest absolute Gasteiger partial charge is 0.348 e. The molecule has 8 heteroatoms. The fraction of sp³-hybridized carbons (Fsp3) is 0.273. The van der Waals surface area contributed by atoms with Crippen molar-refractivity contribution >= 4 is 11.7 Å². The zero-order chi connectivity index (χ0) is 14.2. The second-order valence-electron chi connectivity index (χ2n) is 4.02. The van der Waals surface area contributed by atoms with E-state index in [0.29, 0.717) is 6.07 Å². The summed E-state index contributed by atoms with van der Waals surface area (Å²) >= 11 is 0. The molecule has 0 saturated carbocycles. The fourth-order valence-electron chi connectivity index (χ4n) is 1.69. The highest BCUT2D eigenvalue weighted by Gasteiger charge is 2.35. The maximum Gasteiger partial charge on any atom is 0.419 e. The Morgan fingerprint density at radius 1 is 1.37 bits per heavy atom. The summed E-state index contributed by atoms with van der Waals surface area (Å²) in [6, 6.07) is 2.57. The lowest BCUT2D eigenvalue weighted by atomic mass is 10.1. The van der Waals surface area contributed by atoms with Crippen LogP contribution in [0.3, 0.4) is 0 Å². The second kappa shape index (κ2) is 4.52. The number of alkyl halides is 3. The number of likely N-dealkylation sites (N-methyl/N-ethyl adjacent to an activating group) is 1. The molecule has 19 heavy (non-hydrogen) atoms. The van der Waals surface area contributed by atoms with Gasteiger partial charge in [-0.25, -0.2) is 9.82 Å². The molecule has 0 aliphatic carbocycles. The van der Waals surface area contributed by atoms with E-state index in [9.17, 15) is 22.4 Å². The molecule has 0 unspecified atom stereocenters. The van der Waals surface area contributed by atoms with Crippen LogP contribution in [0.4, 0.5) is 17.6 Å². The maximum atomic E-state index is 13.1. The molecule has 1 aromatic carbocycles. The summed E-state index contributed by atoms with van der Waals surface area (Å²) in [6.07, 6.45) is -4.78. The molecule has 0 aromatic heterocycles. The van der Waals surface area contributed by atoms with Crippen molar-refractivity contribution in [2.45, 2.75) is 6.18 Å². The predicted octanol–water partition coefficient (Wildman–Crippen LogP) is 1.57. The standard InChI is InChI=1S/C11H9F4N3O/c1-18-5-9(19)16-17-10(18)6-2-3-8(12)7(4-6)11(13,14)15/h2-4H,5H2,1H3,(H,16,19). The second-order valence-corrected chi connectivity index (χ2v) is 4.02. The monoisotopic (exact) mass is 275 g/mol. The van der Waals surface area contributed by atoms with Crippen LogP contribution >= 0.6 is 0 Å². The van der Waals surface area contributed by atoms with Gasteiger partial charge in [0, 0.05) is 12.6 Å². The fourth-order valence-corrected chi connectivity index (χ4v) is 1.69. The summed E-state index contributed by atoms with van der Waals surface area (Å²) in [5, 5.41) is 3.67. The van der Waals surface area contributed by atoms with Crippen LogP contribution in [0.15, 0.2) is 23.3 Å². The molecule has 1 aliphatic heterocycles. The number of nitrogens with one attached hydrogen (secondary N) is 1. The quantitative estimate of drug-likeness (QED) is 0.791. The summed E-state index contributed by atoms with van der Waals surface area (Å²) in [6.45, 7) is -0.0302. The van der Waals surface area contributed by atoms with Gasteiger partial charge in [0.2, 0.25) is 0 Å². The minimum absolute atomic E-state index is 0.0302. The van der Waals surface area contributed by atoms with Crippen molar-refractivity contribution in [2.24, 2.45) is 5.10 Å². The Hall–Kier alpha value is -2.12. The third kappa shape index (κ3) is 2.67. The number of nitrogens with zero attached hydrogens (tertiary/aromatic N) is 2. The number of hydrogen-bond donors (Lipinski definition) is 1. The van der Waals surface area contributed by atoms with Gasteiger partial charge >= 0.3 is 6.18 Å². The van der Waals surface area contributed by atoms with Crippen LogP contribution in [0.25, 0.3) is 0 Å². The van der Waals surface area contributed by atoms with Crippen LogP contribution in [0, 0.1) is 5.82 Å². The van der Waals surface area contributed by atoms with E-state index in [4.69, 9.17) is 0 Å². The molecule has 1 amide bonds. The zero-order valence-corrected chi connectivity index (χ0v) is 9.75. The predicted molar refractivity (Wildman–Crippen MR) is 58.7 cm³/mol. The normalized spacial score (nSPS) is 16.2. The van der Waals surface area contributed by atoms with E-state index in [0.717, 1.165) is 6.07 Å². The largest absolute Gasteiger partial charge is 0.419 e. The summed E-state index contributed by atoms with van der Waals surface area (Å²) < 4.78 is 50.9. The molecule has 0 saturated heterocycles. The molecule has 1 aromatic rings. The number of carbonyl (C=O) groups excluding carboxylic acids is 1. The number of carbonyl (C=O) groups is 1. The van der Waals surface area contributed by atoms with Crippen molar-refractivity contribution in [3.63, 3.8) is 0 Å². The number of hydrogen-bond acceptors (Lipinski definition) is 3. The van der Waals surface area contributed by atoms with Crippen molar-refractivity contribution in [1.29, 1.82) is 0 Å². The van der Waals surface area contributed by atoms with Gasteiger partial charge in [0.05, 0.1) is 12.1 Å². The molecule has 1 N–H and O–H groups in total. The molecule has 1 aliphatic rings. The highest BCUT2D eigenvalue weighted by Crippen LogP contribution is 2.32. The highest BCUT2D eigenvalue weighted by atomic mass is 19.4. The van der Waals surface area contributed by atoms with Gasteiger partial charge < -0.3 is 4.90 Å². The average molecular weight is 275 g/mol. The Bertz CT molecular complexity index is 553. The Morgan fingerprint density at radius 2 is 2.05 bits per heavy atom. The van der Waals surface area contributed by atoms with Crippen molar-refractivity contribution in [1.82, 2.24) is 10.3 Å². The number of amides is 1. The van der Waals surface area contributed by atoms with Gasteiger partial charge in [0.15, 0.2) is 5.84 Å². The first-order valence-electron chi connectivity index (χ1n) is 5.24. The first-order chi connectivity index (χ1) is 8.79. The molecule has 0 bridgehead atoms. The summed E-state index contributed by atoms with van der Waals surface area (Å²) in [7, 11) is 1.51. The molecule has 102 valence electrons. The topological polar surface area (TPSA) is 44.7 Å². The van der Waals surface area contributed by atoms with E-state index < -0.39 is 17.6 Å². The van der Waals surface area contributed by atoms with Crippen LogP contribution in [0.2, 0.25) is 0 Å². The van der Waals surface area contributed by atoms with Crippen LogP contribution < -0.4 is 5.43 Å². The van der Waals surface area contributed by atoms with E-state index in [1.165, 1.54) is 18.0 Å². The lowest BCUT2D eigenvalue weighted by molar-refractivity contribution is -0.140. The molecule has 0 fully saturated rings. The number of rotatable bonds is 1. The molecule has 0 atom stereocenters. The van der Waals surface area contributed by atoms with Gasteiger partial charge in [-0.15, -0.1) is 0 Å². The average Bonchev–Trinajstić information content (AvgIpc) is 2.29. The highest BCUT2D eigenvalue weighted by molar-refractivity contribution is 6.02. The Kier molecular flexibility index (Phi) is 3.17. The number of amidine groups is 1. The molecule has 1 heterocycles. The van der Waals surface area contributed by atoms with E-state index >= 15 is 0 Å². The van der Waals surface area contributed by atoms with Crippen LogP contribution in [0.5, 0.6) is 0 Å². The van der Waals surface area contributed by atoms with Crippen molar-refractivity contribution in [2.75, 3.05) is 13.6 Å². The first kappa shape index (κ1) is 13.3. The third-order valence-corrected chi connectivity index (χ3v) is 2.56. The van der Waals surface area contributed by atoms with Gasteiger partial charge in [-0.3, -0.25) is 4.79 Å². The maximum absolute atomic E-state index is 13.1. The van der Waals surface area contributed by atoms with Gasteiger partial charge in [-0.1, -0.05) is 0 Å². The van der Waals surface area contributed by atoms with Gasteiger partial charge in [-0.05, 0) is 18.2 Å². The molecular formula is C11H9F4N3O. The molecule has 0 spiro atoms. The van der Waals surface area contributed by atoms with Crippen molar-refractivity contribution in [3.8, 4) is 0 Å². The number of hydrazone groups is 1. The summed E-state index contributed by atoms with van der Waals surface area (Å²) in [5.74, 6) is -1.58. The van der Waals surface area contributed by atoms with Gasteiger partial charge in [-0.2, -0.15) is 18.3 Å². The zero-order valence-electron chi connectivity index (χ0n) is 9.75. The molecule has 0 radical (unpaired) electrons. The van der Waals surface area contributed by atoms with Crippen LogP contribution in [-0.4, -0.2) is 30.2 Å². The molecule has 2 rings (SSSR count). The summed E-state index contributed by atoms with van der Waals surface area (Å²) in [5.41, 5.74) is 0.883. The van der Waals surface area contributed by atoms with Gasteiger partial charge in [0.25, 0.3) is 5.91 Å². The number of halogens is 4. The van der Waals surface area contributed by atoms with E-state index in [1.54, 1.807) is 0 Å². The minimum atomic E-state index is -4.78. The molecular weight excluding hydrogens is 266 g/mol. The summed E-state index contributed by atoms with van der Waals surface area (Å²) in [4.78, 5) is 12.4. The lowest BCUT2D eigenvalue weighted by Crippen LogP contribution is -2.43.